The summed E-state index contributed by atoms with van der Waals surface area (Å²) in [6, 6.07) is 7.86. The van der Waals surface area contributed by atoms with Crippen LogP contribution in [0.5, 0.6) is 0 Å². The van der Waals surface area contributed by atoms with Crippen molar-refractivity contribution >= 4 is 11.6 Å². The lowest BCUT2D eigenvalue weighted by molar-refractivity contribution is 0.104. The van der Waals surface area contributed by atoms with Crippen molar-refractivity contribution in [1.29, 1.82) is 0 Å². The molecule has 0 heterocycles. The summed E-state index contributed by atoms with van der Waals surface area (Å²) in [4.78, 5) is 0. The molecule has 1 rings (SSSR count). The van der Waals surface area contributed by atoms with Crippen molar-refractivity contribution in [3.05, 3.63) is 34.9 Å². The van der Waals surface area contributed by atoms with Gasteiger partial charge in [0.05, 0.1) is 6.61 Å². The van der Waals surface area contributed by atoms with Gasteiger partial charge in [-0.25, -0.2) is 0 Å². The molecule has 0 spiro atoms. The van der Waals surface area contributed by atoms with Gasteiger partial charge >= 0.3 is 0 Å². The van der Waals surface area contributed by atoms with Crippen LogP contribution in [0.3, 0.4) is 0 Å². The van der Waals surface area contributed by atoms with Crippen molar-refractivity contribution in [3.63, 3.8) is 0 Å². The molecule has 1 aromatic carbocycles. The van der Waals surface area contributed by atoms with E-state index in [1.807, 2.05) is 18.2 Å². The Morgan fingerprint density at radius 3 is 2.88 bits per heavy atom. The third-order valence-corrected chi connectivity index (χ3v) is 2.51. The maximum Gasteiger partial charge on any atom is 0.0591 e. The molecule has 0 aliphatic heterocycles. The number of hydrogen-bond acceptors (Lipinski definition) is 3. The molecule has 0 bridgehead atoms. The number of benzene rings is 1. The fourth-order valence-electron chi connectivity index (χ4n) is 1.43. The van der Waals surface area contributed by atoms with E-state index in [1.54, 1.807) is 7.11 Å². The average Bonchev–Trinajstić information content (AvgIpc) is 2.33. The second-order valence-electron chi connectivity index (χ2n) is 3.77. The fourth-order valence-corrected chi connectivity index (χ4v) is 1.64. The van der Waals surface area contributed by atoms with Gasteiger partial charge in [-0.3, -0.25) is 0 Å². The van der Waals surface area contributed by atoms with Crippen LogP contribution in [0.25, 0.3) is 0 Å². The summed E-state index contributed by atoms with van der Waals surface area (Å²) in [5.41, 5.74) is 1.19. The molecule has 0 aliphatic carbocycles. The Morgan fingerprint density at radius 1 is 1.24 bits per heavy atom. The first-order valence-corrected chi connectivity index (χ1v) is 6.22. The zero-order valence-electron chi connectivity index (χ0n) is 10.2. The summed E-state index contributed by atoms with van der Waals surface area (Å²) >= 11 is 5.89. The van der Waals surface area contributed by atoms with E-state index in [4.69, 9.17) is 21.1 Å². The standard InChI is InChI=1S/C13H20ClNO2/c1-16-7-3-8-17-9-6-15-11-12-4-2-5-13(14)10-12/h2,4-5,10,15H,3,6-9,11H2,1H3. The summed E-state index contributed by atoms with van der Waals surface area (Å²) in [5, 5.41) is 4.08. The number of hydrogen-bond donors (Lipinski definition) is 1. The molecule has 0 amide bonds. The largest absolute Gasteiger partial charge is 0.385 e. The van der Waals surface area contributed by atoms with Crippen LogP contribution in [0.2, 0.25) is 5.02 Å². The van der Waals surface area contributed by atoms with Gasteiger partial charge in [0.2, 0.25) is 0 Å². The Morgan fingerprint density at radius 2 is 2.12 bits per heavy atom. The number of ether oxygens (including phenoxy) is 2. The molecule has 1 N–H and O–H groups in total. The van der Waals surface area contributed by atoms with E-state index >= 15 is 0 Å². The number of methoxy groups -OCH3 is 1. The average molecular weight is 258 g/mol. The van der Waals surface area contributed by atoms with Crippen LogP contribution < -0.4 is 5.32 Å². The van der Waals surface area contributed by atoms with Gasteiger partial charge in [0.25, 0.3) is 0 Å². The molecule has 0 radical (unpaired) electrons. The first-order chi connectivity index (χ1) is 8.33. The highest BCUT2D eigenvalue weighted by molar-refractivity contribution is 6.30. The zero-order valence-corrected chi connectivity index (χ0v) is 11.0. The van der Waals surface area contributed by atoms with Crippen LogP contribution in [0.15, 0.2) is 24.3 Å². The highest BCUT2D eigenvalue weighted by Crippen LogP contribution is 2.09. The van der Waals surface area contributed by atoms with Crippen molar-refractivity contribution < 1.29 is 9.47 Å². The fraction of sp³-hybridized carbons (Fsp3) is 0.538. The number of nitrogens with one attached hydrogen (secondary N) is 1. The first kappa shape index (κ1) is 14.5. The van der Waals surface area contributed by atoms with Gasteiger partial charge in [0.15, 0.2) is 0 Å². The molecule has 96 valence electrons. The summed E-state index contributed by atoms with van der Waals surface area (Å²) in [7, 11) is 1.70. The molecular formula is C13H20ClNO2. The molecule has 17 heavy (non-hydrogen) atoms. The predicted molar refractivity (Wildman–Crippen MR) is 70.5 cm³/mol. The number of rotatable bonds is 9. The zero-order chi connectivity index (χ0) is 12.3. The lowest BCUT2D eigenvalue weighted by Gasteiger charge is -2.06. The highest BCUT2D eigenvalue weighted by atomic mass is 35.5. The van der Waals surface area contributed by atoms with Gasteiger partial charge in [-0.05, 0) is 24.1 Å². The van der Waals surface area contributed by atoms with Gasteiger partial charge in [0.1, 0.15) is 0 Å². The van der Waals surface area contributed by atoms with Crippen molar-refractivity contribution in [2.75, 3.05) is 33.5 Å². The molecule has 0 unspecified atom stereocenters. The van der Waals surface area contributed by atoms with E-state index in [0.29, 0.717) is 0 Å². The van der Waals surface area contributed by atoms with E-state index in [9.17, 15) is 0 Å². The quantitative estimate of drug-likeness (QED) is 0.690. The minimum atomic E-state index is 0.726. The van der Waals surface area contributed by atoms with Crippen LogP contribution in [0, 0.1) is 0 Å². The minimum Gasteiger partial charge on any atom is -0.385 e. The molecule has 0 saturated heterocycles. The molecule has 0 aliphatic rings. The van der Waals surface area contributed by atoms with Gasteiger partial charge < -0.3 is 14.8 Å². The smallest absolute Gasteiger partial charge is 0.0591 e. The Kier molecular flexibility index (Phi) is 8.01. The lowest BCUT2D eigenvalue weighted by atomic mass is 10.2. The summed E-state index contributed by atoms with van der Waals surface area (Å²) < 4.78 is 10.4. The Balaban J connectivity index is 1.97. The number of halogens is 1. The maximum atomic E-state index is 5.89. The SMILES string of the molecule is COCCCOCCNCc1cccc(Cl)c1. The Bertz CT molecular complexity index is 307. The summed E-state index contributed by atoms with van der Waals surface area (Å²) in [6.45, 7) is 3.91. The van der Waals surface area contributed by atoms with Gasteiger partial charge in [-0.15, -0.1) is 0 Å². The van der Waals surface area contributed by atoms with Gasteiger partial charge in [0, 0.05) is 38.4 Å². The molecule has 0 atom stereocenters. The molecule has 0 fully saturated rings. The van der Waals surface area contributed by atoms with Crippen molar-refractivity contribution in [3.8, 4) is 0 Å². The second-order valence-corrected chi connectivity index (χ2v) is 4.20. The van der Waals surface area contributed by atoms with Crippen molar-refractivity contribution in [2.24, 2.45) is 0 Å². The van der Waals surface area contributed by atoms with E-state index in [2.05, 4.69) is 11.4 Å². The van der Waals surface area contributed by atoms with Gasteiger partial charge in [-0.1, -0.05) is 23.7 Å². The van der Waals surface area contributed by atoms with E-state index in [-0.39, 0.29) is 0 Å². The monoisotopic (exact) mass is 257 g/mol. The molecule has 0 saturated carbocycles. The third-order valence-electron chi connectivity index (χ3n) is 2.28. The van der Waals surface area contributed by atoms with Crippen molar-refractivity contribution in [2.45, 2.75) is 13.0 Å². The second kappa shape index (κ2) is 9.42. The lowest BCUT2D eigenvalue weighted by Crippen LogP contribution is -2.19. The summed E-state index contributed by atoms with van der Waals surface area (Å²) in [5.74, 6) is 0. The molecular weight excluding hydrogens is 238 g/mol. The van der Waals surface area contributed by atoms with Crippen LogP contribution in [0.4, 0.5) is 0 Å². The molecule has 3 nitrogen and oxygen atoms in total. The molecule has 4 heteroatoms. The Labute approximate surface area is 108 Å². The van der Waals surface area contributed by atoms with Crippen LogP contribution in [0.1, 0.15) is 12.0 Å². The highest BCUT2D eigenvalue weighted by Gasteiger charge is 1.94. The summed E-state index contributed by atoms with van der Waals surface area (Å²) in [6.07, 6.45) is 0.949. The Hall–Kier alpha value is -0.610. The van der Waals surface area contributed by atoms with E-state index < -0.39 is 0 Å². The van der Waals surface area contributed by atoms with E-state index in [1.165, 1.54) is 5.56 Å². The van der Waals surface area contributed by atoms with Crippen LogP contribution in [-0.2, 0) is 16.0 Å². The maximum absolute atomic E-state index is 5.89. The van der Waals surface area contributed by atoms with E-state index in [0.717, 1.165) is 44.4 Å². The molecule has 0 aromatic heterocycles. The minimum absolute atomic E-state index is 0.726. The topological polar surface area (TPSA) is 30.5 Å². The van der Waals surface area contributed by atoms with Crippen LogP contribution in [-0.4, -0.2) is 33.5 Å². The third kappa shape index (κ3) is 7.34. The predicted octanol–water partition coefficient (Wildman–Crippen LogP) is 2.48. The molecule has 1 aromatic rings. The normalized spacial score (nSPS) is 10.7. The van der Waals surface area contributed by atoms with Crippen molar-refractivity contribution in [1.82, 2.24) is 5.32 Å². The van der Waals surface area contributed by atoms with Crippen LogP contribution >= 0.6 is 11.6 Å². The van der Waals surface area contributed by atoms with Gasteiger partial charge in [-0.2, -0.15) is 0 Å². The first-order valence-electron chi connectivity index (χ1n) is 5.85.